The third-order valence-electron chi connectivity index (χ3n) is 6.30. The van der Waals surface area contributed by atoms with Gasteiger partial charge in [0.2, 0.25) is 5.91 Å². The number of guanidine groups is 1. The number of aliphatic imine (C=N–C) groups is 1. The summed E-state index contributed by atoms with van der Waals surface area (Å²) in [6.45, 7) is 4.52. The van der Waals surface area contributed by atoms with Crippen molar-refractivity contribution in [3.05, 3.63) is 35.6 Å². The summed E-state index contributed by atoms with van der Waals surface area (Å²) < 4.78 is 14.1. The van der Waals surface area contributed by atoms with Crippen molar-refractivity contribution in [3.63, 3.8) is 0 Å². The van der Waals surface area contributed by atoms with Crippen LogP contribution in [0.25, 0.3) is 0 Å². The summed E-state index contributed by atoms with van der Waals surface area (Å²) in [5, 5.41) is 6.73. The predicted octanol–water partition coefficient (Wildman–Crippen LogP) is 2.62. The first-order valence-electron chi connectivity index (χ1n) is 10.8. The van der Waals surface area contributed by atoms with E-state index in [0.717, 1.165) is 76.2 Å². The van der Waals surface area contributed by atoms with Crippen LogP contribution in [0.1, 0.15) is 44.1 Å². The molecule has 0 unspecified atom stereocenters. The Morgan fingerprint density at radius 1 is 1.23 bits per heavy atom. The molecule has 1 saturated heterocycles. The van der Waals surface area contributed by atoms with Crippen LogP contribution in [0.3, 0.4) is 0 Å². The number of rotatable bonds is 9. The summed E-state index contributed by atoms with van der Waals surface area (Å²) in [5.41, 5.74) is 6.10. The number of nitrogens with two attached hydrogens (primary N) is 1. The highest BCUT2D eigenvalue weighted by Crippen LogP contribution is 2.48. The number of hydrogen-bond donors (Lipinski definition) is 3. The highest BCUT2D eigenvalue weighted by atomic mass is 127. The molecule has 0 bridgehead atoms. The molecule has 30 heavy (non-hydrogen) atoms. The number of nitrogens with zero attached hydrogens (tertiary/aromatic N) is 2. The van der Waals surface area contributed by atoms with E-state index in [2.05, 4.69) is 20.5 Å². The molecular formula is C22H35FIN5O. The second-order valence-electron chi connectivity index (χ2n) is 8.34. The van der Waals surface area contributed by atoms with Gasteiger partial charge in [0.25, 0.3) is 0 Å². The maximum absolute atomic E-state index is 14.1. The maximum Gasteiger partial charge on any atom is 0.220 e. The van der Waals surface area contributed by atoms with Crippen molar-refractivity contribution in [2.24, 2.45) is 16.6 Å². The van der Waals surface area contributed by atoms with Crippen molar-refractivity contribution in [1.82, 2.24) is 15.5 Å². The van der Waals surface area contributed by atoms with Crippen molar-refractivity contribution in [3.8, 4) is 0 Å². The van der Waals surface area contributed by atoms with E-state index < -0.39 is 0 Å². The largest absolute Gasteiger partial charge is 0.369 e. The molecule has 0 atom stereocenters. The van der Waals surface area contributed by atoms with Crippen molar-refractivity contribution >= 4 is 35.8 Å². The second kappa shape index (κ2) is 11.8. The predicted molar refractivity (Wildman–Crippen MR) is 130 cm³/mol. The number of likely N-dealkylation sites (tertiary alicyclic amines) is 1. The van der Waals surface area contributed by atoms with Crippen LogP contribution in [0.5, 0.6) is 0 Å². The molecule has 2 aliphatic rings. The van der Waals surface area contributed by atoms with Gasteiger partial charge in [-0.3, -0.25) is 9.79 Å². The zero-order valence-corrected chi connectivity index (χ0v) is 20.2. The van der Waals surface area contributed by atoms with E-state index in [9.17, 15) is 9.18 Å². The number of unbranched alkanes of at least 4 members (excludes halogenated alkanes) is 1. The van der Waals surface area contributed by atoms with Crippen LogP contribution >= 0.6 is 24.0 Å². The molecule has 1 amide bonds. The molecule has 1 aromatic carbocycles. The van der Waals surface area contributed by atoms with Crippen LogP contribution in [-0.4, -0.2) is 56.5 Å². The molecule has 0 spiro atoms. The molecule has 1 aromatic rings. The second-order valence-corrected chi connectivity index (χ2v) is 8.34. The number of carbonyl (C=O) groups is 1. The Labute approximate surface area is 196 Å². The lowest BCUT2D eigenvalue weighted by Gasteiger charge is -2.30. The first-order valence-corrected chi connectivity index (χ1v) is 10.8. The topological polar surface area (TPSA) is 82.8 Å². The normalized spacial score (nSPS) is 19.1. The first kappa shape index (κ1) is 24.8. The van der Waals surface area contributed by atoms with Crippen LogP contribution in [0, 0.1) is 11.7 Å². The Hall–Kier alpha value is -1.42. The fraction of sp³-hybridized carbons (Fsp3) is 0.636. The minimum absolute atomic E-state index is 0. The quantitative estimate of drug-likeness (QED) is 0.198. The number of piperidine rings is 1. The molecule has 8 heteroatoms. The Morgan fingerprint density at radius 3 is 2.53 bits per heavy atom. The third kappa shape index (κ3) is 6.80. The van der Waals surface area contributed by atoms with E-state index in [4.69, 9.17) is 5.73 Å². The monoisotopic (exact) mass is 531 g/mol. The highest BCUT2D eigenvalue weighted by Gasteiger charge is 2.45. The van der Waals surface area contributed by atoms with Gasteiger partial charge in [-0.1, -0.05) is 18.2 Å². The Kier molecular flexibility index (Phi) is 9.80. The van der Waals surface area contributed by atoms with E-state index >= 15 is 0 Å². The van der Waals surface area contributed by atoms with Gasteiger partial charge >= 0.3 is 0 Å². The number of amides is 1. The number of benzene rings is 1. The van der Waals surface area contributed by atoms with Gasteiger partial charge in [-0.25, -0.2) is 4.39 Å². The van der Waals surface area contributed by atoms with Gasteiger partial charge in [-0.15, -0.1) is 24.0 Å². The van der Waals surface area contributed by atoms with Crippen LogP contribution in [-0.2, 0) is 10.2 Å². The minimum Gasteiger partial charge on any atom is -0.369 e. The number of hydrogen-bond acceptors (Lipinski definition) is 3. The van der Waals surface area contributed by atoms with Crippen molar-refractivity contribution < 1.29 is 9.18 Å². The summed E-state index contributed by atoms with van der Waals surface area (Å²) in [5.74, 6) is 0.557. The van der Waals surface area contributed by atoms with E-state index in [1.807, 2.05) is 12.1 Å². The average Bonchev–Trinajstić information content (AvgIpc) is 3.51. The molecular weight excluding hydrogens is 496 g/mol. The zero-order chi connectivity index (χ0) is 20.7. The molecule has 1 aliphatic carbocycles. The molecule has 1 heterocycles. The van der Waals surface area contributed by atoms with E-state index in [0.29, 0.717) is 6.54 Å². The number of nitrogens with one attached hydrogen (secondary N) is 2. The lowest BCUT2D eigenvalue weighted by atomic mass is 9.95. The van der Waals surface area contributed by atoms with Gasteiger partial charge in [0.1, 0.15) is 5.82 Å². The molecule has 0 radical (unpaired) electrons. The van der Waals surface area contributed by atoms with Gasteiger partial charge < -0.3 is 21.3 Å². The number of carbonyl (C=O) groups excluding carboxylic acids is 1. The fourth-order valence-electron chi connectivity index (χ4n) is 4.17. The molecule has 2 fully saturated rings. The summed E-state index contributed by atoms with van der Waals surface area (Å²) in [7, 11) is 1.76. The van der Waals surface area contributed by atoms with E-state index in [-0.39, 0.29) is 47.0 Å². The summed E-state index contributed by atoms with van der Waals surface area (Å²) in [6, 6.07) is 7.08. The van der Waals surface area contributed by atoms with Gasteiger partial charge in [0.15, 0.2) is 5.96 Å². The number of halogens is 2. The standard InChI is InChI=1S/C22H34FN5O.HI/c1-25-21(27-16-22(10-11-22)18-6-2-3-7-19(18)23)26-12-4-5-13-28-14-8-17(9-15-28)20(24)29;/h2-3,6-7,17H,4-5,8-16H2,1H3,(H2,24,29)(H2,25,26,27);1H. The molecule has 0 aromatic heterocycles. The number of primary amides is 1. The van der Waals surface area contributed by atoms with Crippen LogP contribution in [0.15, 0.2) is 29.3 Å². The van der Waals surface area contributed by atoms with Gasteiger partial charge in [-0.2, -0.15) is 0 Å². The van der Waals surface area contributed by atoms with Gasteiger partial charge in [0.05, 0.1) is 0 Å². The maximum atomic E-state index is 14.1. The molecule has 1 aliphatic heterocycles. The fourth-order valence-corrected chi connectivity index (χ4v) is 4.17. The van der Waals surface area contributed by atoms with E-state index in [1.165, 1.54) is 0 Å². The Morgan fingerprint density at radius 2 is 1.93 bits per heavy atom. The summed E-state index contributed by atoms with van der Waals surface area (Å²) in [4.78, 5) is 17.9. The summed E-state index contributed by atoms with van der Waals surface area (Å²) in [6.07, 6.45) is 5.93. The van der Waals surface area contributed by atoms with Crippen molar-refractivity contribution in [1.29, 1.82) is 0 Å². The lowest BCUT2D eigenvalue weighted by Crippen LogP contribution is -2.42. The summed E-state index contributed by atoms with van der Waals surface area (Å²) >= 11 is 0. The van der Waals surface area contributed by atoms with E-state index in [1.54, 1.807) is 19.2 Å². The van der Waals surface area contributed by atoms with Crippen LogP contribution < -0.4 is 16.4 Å². The van der Waals surface area contributed by atoms with Gasteiger partial charge in [-0.05, 0) is 69.8 Å². The van der Waals surface area contributed by atoms with Crippen LogP contribution in [0.2, 0.25) is 0 Å². The third-order valence-corrected chi connectivity index (χ3v) is 6.30. The molecule has 6 nitrogen and oxygen atoms in total. The van der Waals surface area contributed by atoms with Crippen molar-refractivity contribution in [2.75, 3.05) is 39.8 Å². The molecule has 1 saturated carbocycles. The molecule has 3 rings (SSSR count). The Bertz CT molecular complexity index is 717. The average molecular weight is 531 g/mol. The smallest absolute Gasteiger partial charge is 0.220 e. The lowest BCUT2D eigenvalue weighted by molar-refractivity contribution is -0.123. The highest BCUT2D eigenvalue weighted by molar-refractivity contribution is 14.0. The van der Waals surface area contributed by atoms with Crippen molar-refractivity contribution in [2.45, 2.75) is 43.9 Å². The molecule has 168 valence electrons. The minimum atomic E-state index is -0.157. The molecule has 4 N–H and O–H groups in total. The van der Waals surface area contributed by atoms with Gasteiger partial charge in [0, 0.05) is 31.5 Å². The van der Waals surface area contributed by atoms with Crippen LogP contribution in [0.4, 0.5) is 4.39 Å². The first-order chi connectivity index (χ1) is 14.0. The SMILES string of the molecule is CN=C(NCCCCN1CCC(C(N)=O)CC1)NCC1(c2ccccc2F)CC1.I. The Balaban J connectivity index is 0.00000320. The zero-order valence-electron chi connectivity index (χ0n) is 17.8.